The van der Waals surface area contributed by atoms with Gasteiger partial charge in [0.15, 0.2) is 6.10 Å². The van der Waals surface area contributed by atoms with Crippen LogP contribution in [-0.4, -0.2) is 24.0 Å². The first-order valence-corrected chi connectivity index (χ1v) is 8.47. The number of carbonyl (C=O) groups excluding carboxylic acids is 2. The zero-order valence-corrected chi connectivity index (χ0v) is 14.5. The summed E-state index contributed by atoms with van der Waals surface area (Å²) in [4.78, 5) is 24.5. The van der Waals surface area contributed by atoms with E-state index in [1.165, 1.54) is 6.42 Å². The van der Waals surface area contributed by atoms with Crippen molar-refractivity contribution in [3.05, 3.63) is 35.4 Å². The largest absolute Gasteiger partial charge is 0.449 e. The van der Waals surface area contributed by atoms with Crippen molar-refractivity contribution in [1.29, 1.82) is 0 Å². The lowest BCUT2D eigenvalue weighted by molar-refractivity contribution is -0.130. The number of esters is 1. The third kappa shape index (κ3) is 4.34. The molecule has 0 radical (unpaired) electrons. The van der Waals surface area contributed by atoms with Gasteiger partial charge in [0, 0.05) is 6.04 Å². The Kier molecular flexibility index (Phi) is 5.80. The average Bonchev–Trinajstić information content (AvgIpc) is 2.52. The third-order valence-corrected chi connectivity index (χ3v) is 5.05. The van der Waals surface area contributed by atoms with Crippen LogP contribution in [0.5, 0.6) is 0 Å². The summed E-state index contributed by atoms with van der Waals surface area (Å²) in [7, 11) is 0. The van der Waals surface area contributed by atoms with Crippen molar-refractivity contribution in [2.45, 2.75) is 59.1 Å². The molecule has 2 rings (SSSR count). The van der Waals surface area contributed by atoms with Crippen molar-refractivity contribution >= 4 is 11.9 Å². The molecule has 0 spiro atoms. The molecule has 0 bridgehead atoms. The highest BCUT2D eigenvalue weighted by molar-refractivity contribution is 5.93. The standard InChI is InChI=1S/C19H27NO3/c1-12-9-7-11-17(14(12)3)20-18(21)15(4)23-19(22)16-10-6-5-8-13(16)2/h5-6,8,10,12,14-15,17H,7,9,11H2,1-4H3,(H,20,21)/t12-,14-,15-,17-/m0/s1. The number of rotatable bonds is 4. The molecule has 4 atom stereocenters. The van der Waals surface area contributed by atoms with Crippen molar-refractivity contribution in [3.63, 3.8) is 0 Å². The summed E-state index contributed by atoms with van der Waals surface area (Å²) < 4.78 is 5.33. The van der Waals surface area contributed by atoms with Gasteiger partial charge in [0.05, 0.1) is 5.56 Å². The Hall–Kier alpha value is -1.84. The number of nitrogens with one attached hydrogen (secondary N) is 1. The molecule has 4 nitrogen and oxygen atoms in total. The third-order valence-electron chi connectivity index (χ3n) is 5.05. The Balaban J connectivity index is 1.92. The summed E-state index contributed by atoms with van der Waals surface area (Å²) in [6.07, 6.45) is 2.56. The lowest BCUT2D eigenvalue weighted by atomic mass is 9.78. The van der Waals surface area contributed by atoms with Crippen LogP contribution < -0.4 is 5.32 Å². The fourth-order valence-electron chi connectivity index (χ4n) is 3.17. The molecule has 1 aromatic carbocycles. The number of hydrogen-bond acceptors (Lipinski definition) is 3. The van der Waals surface area contributed by atoms with Crippen LogP contribution in [0.3, 0.4) is 0 Å². The zero-order chi connectivity index (χ0) is 17.0. The van der Waals surface area contributed by atoms with Crippen molar-refractivity contribution in [2.75, 3.05) is 0 Å². The van der Waals surface area contributed by atoms with E-state index in [4.69, 9.17) is 4.74 Å². The minimum Gasteiger partial charge on any atom is -0.449 e. The predicted octanol–water partition coefficient (Wildman–Crippen LogP) is 3.48. The Bertz CT molecular complexity index is 569. The number of amides is 1. The second kappa shape index (κ2) is 7.62. The van der Waals surface area contributed by atoms with Crippen LogP contribution in [0.1, 0.15) is 56.0 Å². The molecule has 1 aliphatic carbocycles. The van der Waals surface area contributed by atoms with E-state index in [1.54, 1.807) is 19.1 Å². The second-order valence-electron chi connectivity index (χ2n) is 6.74. The molecule has 0 saturated heterocycles. The van der Waals surface area contributed by atoms with E-state index in [0.717, 1.165) is 18.4 Å². The van der Waals surface area contributed by atoms with Gasteiger partial charge in [-0.1, -0.05) is 44.9 Å². The average molecular weight is 317 g/mol. The van der Waals surface area contributed by atoms with Gasteiger partial charge in [0.2, 0.25) is 0 Å². The summed E-state index contributed by atoms with van der Waals surface area (Å²) >= 11 is 0. The maximum atomic E-state index is 12.3. The van der Waals surface area contributed by atoms with Crippen LogP contribution in [0, 0.1) is 18.8 Å². The van der Waals surface area contributed by atoms with E-state index < -0.39 is 12.1 Å². The van der Waals surface area contributed by atoms with E-state index in [0.29, 0.717) is 17.4 Å². The van der Waals surface area contributed by atoms with Crippen LogP contribution >= 0.6 is 0 Å². The molecule has 1 amide bonds. The molecule has 0 heterocycles. The molecular formula is C19H27NO3. The summed E-state index contributed by atoms with van der Waals surface area (Å²) in [6.45, 7) is 7.89. The maximum absolute atomic E-state index is 12.3. The van der Waals surface area contributed by atoms with Gasteiger partial charge in [-0.05, 0) is 43.7 Å². The topological polar surface area (TPSA) is 55.4 Å². The molecule has 1 aromatic rings. The maximum Gasteiger partial charge on any atom is 0.339 e. The van der Waals surface area contributed by atoms with Gasteiger partial charge in [-0.3, -0.25) is 4.79 Å². The van der Waals surface area contributed by atoms with Crippen LogP contribution in [0.25, 0.3) is 0 Å². The second-order valence-corrected chi connectivity index (χ2v) is 6.74. The highest BCUT2D eigenvalue weighted by atomic mass is 16.5. The zero-order valence-electron chi connectivity index (χ0n) is 14.5. The minimum absolute atomic E-state index is 0.172. The highest BCUT2D eigenvalue weighted by Crippen LogP contribution is 2.29. The number of aryl methyl sites for hydroxylation is 1. The molecule has 1 N–H and O–H groups in total. The Morgan fingerprint density at radius 3 is 2.61 bits per heavy atom. The molecular weight excluding hydrogens is 290 g/mol. The quantitative estimate of drug-likeness (QED) is 0.865. The number of ether oxygens (including phenoxy) is 1. The summed E-state index contributed by atoms with van der Waals surface area (Å²) in [6, 6.07) is 7.40. The first-order valence-electron chi connectivity index (χ1n) is 8.47. The van der Waals surface area contributed by atoms with Crippen molar-refractivity contribution in [3.8, 4) is 0 Å². The smallest absolute Gasteiger partial charge is 0.339 e. The molecule has 1 saturated carbocycles. The normalized spacial score (nSPS) is 25.5. The fourth-order valence-corrected chi connectivity index (χ4v) is 3.17. The first-order chi connectivity index (χ1) is 10.9. The molecule has 4 heteroatoms. The SMILES string of the molecule is Cc1ccccc1C(=O)O[C@@H](C)C(=O)N[C@H]1CCC[C@H](C)[C@@H]1C. The lowest BCUT2D eigenvalue weighted by Crippen LogP contribution is -2.47. The van der Waals surface area contributed by atoms with Gasteiger partial charge in [0.25, 0.3) is 5.91 Å². The molecule has 0 aliphatic heterocycles. The van der Waals surface area contributed by atoms with E-state index >= 15 is 0 Å². The van der Waals surface area contributed by atoms with Crippen molar-refractivity contribution < 1.29 is 14.3 Å². The summed E-state index contributed by atoms with van der Waals surface area (Å²) in [5.74, 6) is 0.402. The molecule has 23 heavy (non-hydrogen) atoms. The predicted molar refractivity (Wildman–Crippen MR) is 90.2 cm³/mol. The van der Waals surface area contributed by atoms with Crippen LogP contribution in [0.2, 0.25) is 0 Å². The van der Waals surface area contributed by atoms with Crippen molar-refractivity contribution in [2.24, 2.45) is 11.8 Å². The Labute approximate surface area is 138 Å². The van der Waals surface area contributed by atoms with Crippen LogP contribution in [0.15, 0.2) is 24.3 Å². The van der Waals surface area contributed by atoms with E-state index in [2.05, 4.69) is 19.2 Å². The van der Waals surface area contributed by atoms with Gasteiger partial charge in [-0.25, -0.2) is 4.79 Å². The number of carbonyl (C=O) groups is 2. The van der Waals surface area contributed by atoms with Gasteiger partial charge < -0.3 is 10.1 Å². The lowest BCUT2D eigenvalue weighted by Gasteiger charge is -2.35. The van der Waals surface area contributed by atoms with Gasteiger partial charge in [-0.15, -0.1) is 0 Å². The number of benzene rings is 1. The highest BCUT2D eigenvalue weighted by Gasteiger charge is 2.30. The van der Waals surface area contributed by atoms with E-state index in [9.17, 15) is 9.59 Å². The monoisotopic (exact) mass is 317 g/mol. The number of hydrogen-bond donors (Lipinski definition) is 1. The summed E-state index contributed by atoms with van der Waals surface area (Å²) in [5, 5.41) is 3.05. The molecule has 1 aliphatic rings. The fraction of sp³-hybridized carbons (Fsp3) is 0.579. The molecule has 0 unspecified atom stereocenters. The van der Waals surface area contributed by atoms with Gasteiger partial charge in [-0.2, -0.15) is 0 Å². The summed E-state index contributed by atoms with van der Waals surface area (Å²) in [5.41, 5.74) is 1.35. The van der Waals surface area contributed by atoms with Gasteiger partial charge >= 0.3 is 5.97 Å². The Morgan fingerprint density at radius 1 is 1.22 bits per heavy atom. The molecule has 0 aromatic heterocycles. The van der Waals surface area contributed by atoms with Crippen molar-refractivity contribution in [1.82, 2.24) is 5.32 Å². The molecule has 126 valence electrons. The van der Waals surface area contributed by atoms with E-state index in [-0.39, 0.29) is 11.9 Å². The first kappa shape index (κ1) is 17.5. The minimum atomic E-state index is -0.786. The van der Waals surface area contributed by atoms with Crippen LogP contribution in [0.4, 0.5) is 0 Å². The van der Waals surface area contributed by atoms with Crippen LogP contribution in [-0.2, 0) is 9.53 Å². The Morgan fingerprint density at radius 2 is 1.91 bits per heavy atom. The van der Waals surface area contributed by atoms with Gasteiger partial charge in [0.1, 0.15) is 0 Å². The molecule has 1 fully saturated rings. The van der Waals surface area contributed by atoms with E-state index in [1.807, 2.05) is 19.1 Å².